The SMILES string of the molecule is Cc1cc(C)n(CC2CN(c3sc(S(C)(=O)=O)cc3[N+](=O)[O-])CCO2)n1. The highest BCUT2D eigenvalue weighted by atomic mass is 32.2. The van der Waals surface area contributed by atoms with Crippen molar-refractivity contribution in [1.82, 2.24) is 9.78 Å². The van der Waals surface area contributed by atoms with Crippen molar-refractivity contribution in [3.05, 3.63) is 33.6 Å². The molecule has 1 fully saturated rings. The number of thiophene rings is 1. The number of sulfone groups is 1. The zero-order chi connectivity index (χ0) is 19.1. The summed E-state index contributed by atoms with van der Waals surface area (Å²) < 4.78 is 31.2. The monoisotopic (exact) mass is 400 g/mol. The summed E-state index contributed by atoms with van der Waals surface area (Å²) in [7, 11) is -3.50. The van der Waals surface area contributed by atoms with Crippen LogP contribution in [0.3, 0.4) is 0 Å². The molecule has 142 valence electrons. The summed E-state index contributed by atoms with van der Waals surface area (Å²) >= 11 is 0.935. The van der Waals surface area contributed by atoms with Crippen molar-refractivity contribution in [3.8, 4) is 0 Å². The number of hydrogen-bond acceptors (Lipinski definition) is 8. The Morgan fingerprint density at radius 2 is 2.15 bits per heavy atom. The molecule has 3 rings (SSSR count). The van der Waals surface area contributed by atoms with Crippen LogP contribution in [0.2, 0.25) is 0 Å². The van der Waals surface area contributed by atoms with Crippen LogP contribution in [0.1, 0.15) is 11.4 Å². The molecule has 1 saturated heterocycles. The number of aryl methyl sites for hydroxylation is 2. The van der Waals surface area contributed by atoms with Gasteiger partial charge in [0.25, 0.3) is 0 Å². The summed E-state index contributed by atoms with van der Waals surface area (Å²) in [4.78, 5) is 12.7. The van der Waals surface area contributed by atoms with E-state index in [1.54, 1.807) is 0 Å². The molecule has 0 aromatic carbocycles. The van der Waals surface area contributed by atoms with Crippen LogP contribution in [0.25, 0.3) is 0 Å². The highest BCUT2D eigenvalue weighted by Gasteiger charge is 2.31. The lowest BCUT2D eigenvalue weighted by molar-refractivity contribution is -0.383. The molecule has 0 bridgehead atoms. The van der Waals surface area contributed by atoms with Gasteiger partial charge in [0.2, 0.25) is 0 Å². The molecule has 1 atom stereocenters. The van der Waals surface area contributed by atoms with Gasteiger partial charge >= 0.3 is 5.69 Å². The van der Waals surface area contributed by atoms with Crippen LogP contribution < -0.4 is 4.90 Å². The number of morpholine rings is 1. The number of nitro groups is 1. The van der Waals surface area contributed by atoms with E-state index in [0.717, 1.165) is 35.0 Å². The number of aromatic nitrogens is 2. The third kappa shape index (κ3) is 3.89. The molecule has 0 amide bonds. The van der Waals surface area contributed by atoms with Crippen LogP contribution in [-0.4, -0.2) is 55.2 Å². The molecule has 1 unspecified atom stereocenters. The predicted molar refractivity (Wildman–Crippen MR) is 97.7 cm³/mol. The summed E-state index contributed by atoms with van der Waals surface area (Å²) in [5.74, 6) is 0. The minimum atomic E-state index is -3.50. The van der Waals surface area contributed by atoms with Gasteiger partial charge in [0.1, 0.15) is 4.21 Å². The van der Waals surface area contributed by atoms with Crippen molar-refractivity contribution < 1.29 is 18.1 Å². The smallest absolute Gasteiger partial charge is 0.305 e. The van der Waals surface area contributed by atoms with E-state index in [1.165, 1.54) is 0 Å². The molecule has 3 heterocycles. The fourth-order valence-corrected chi connectivity index (χ4v) is 5.02. The molecule has 0 saturated carbocycles. The lowest BCUT2D eigenvalue weighted by atomic mass is 10.2. The molecule has 26 heavy (non-hydrogen) atoms. The van der Waals surface area contributed by atoms with Crippen molar-refractivity contribution in [2.24, 2.45) is 0 Å². The van der Waals surface area contributed by atoms with Gasteiger partial charge in [-0.25, -0.2) is 8.42 Å². The van der Waals surface area contributed by atoms with Crippen LogP contribution in [-0.2, 0) is 21.1 Å². The molecule has 0 spiro atoms. The van der Waals surface area contributed by atoms with Gasteiger partial charge in [0, 0.05) is 31.1 Å². The highest BCUT2D eigenvalue weighted by Crippen LogP contribution is 2.40. The number of nitrogens with zero attached hydrogens (tertiary/aromatic N) is 4. The second kappa shape index (κ2) is 6.97. The van der Waals surface area contributed by atoms with Gasteiger partial charge in [-0.1, -0.05) is 11.3 Å². The van der Waals surface area contributed by atoms with E-state index in [0.29, 0.717) is 31.2 Å². The Morgan fingerprint density at radius 3 is 2.73 bits per heavy atom. The molecule has 0 radical (unpaired) electrons. The fourth-order valence-electron chi connectivity index (χ4n) is 2.96. The summed E-state index contributed by atoms with van der Waals surface area (Å²) in [5.41, 5.74) is 1.76. The summed E-state index contributed by atoms with van der Waals surface area (Å²) in [5, 5.41) is 16.1. The lowest BCUT2D eigenvalue weighted by Gasteiger charge is -2.33. The molecule has 1 aliphatic rings. The maximum atomic E-state index is 11.8. The van der Waals surface area contributed by atoms with E-state index in [1.807, 2.05) is 29.5 Å². The molecule has 0 aliphatic carbocycles. The van der Waals surface area contributed by atoms with E-state index in [4.69, 9.17) is 4.74 Å². The van der Waals surface area contributed by atoms with Crippen molar-refractivity contribution in [3.63, 3.8) is 0 Å². The first-order valence-corrected chi connectivity index (χ1v) is 10.7. The average molecular weight is 400 g/mol. The fraction of sp³-hybridized carbons (Fsp3) is 0.533. The second-order valence-electron chi connectivity index (χ2n) is 6.33. The molecule has 2 aromatic rings. The third-order valence-corrected chi connectivity index (χ3v) is 7.13. The zero-order valence-electron chi connectivity index (χ0n) is 14.7. The molecule has 1 aliphatic heterocycles. The van der Waals surface area contributed by atoms with Gasteiger partial charge in [-0.3, -0.25) is 14.8 Å². The maximum Gasteiger partial charge on any atom is 0.305 e. The van der Waals surface area contributed by atoms with Crippen molar-refractivity contribution >= 4 is 31.9 Å². The predicted octanol–water partition coefficient (Wildman–Crippen LogP) is 1.78. The Morgan fingerprint density at radius 1 is 1.42 bits per heavy atom. The standard InChI is InChI=1S/C15H20N4O5S2/c1-10-6-11(2)18(16-10)9-12-8-17(4-5-24-12)15-13(19(20)21)7-14(25-15)26(3,22)23/h6-7,12H,4-5,8-9H2,1-3H3. The van der Waals surface area contributed by atoms with Crippen LogP contribution >= 0.6 is 11.3 Å². The Hall–Kier alpha value is -1.98. The van der Waals surface area contributed by atoms with Crippen molar-refractivity contribution in [2.45, 2.75) is 30.7 Å². The van der Waals surface area contributed by atoms with Gasteiger partial charge in [-0.15, -0.1) is 0 Å². The first-order valence-electron chi connectivity index (χ1n) is 8.01. The number of ether oxygens (including phenoxy) is 1. The van der Waals surface area contributed by atoms with Crippen LogP contribution in [0.4, 0.5) is 10.7 Å². The first kappa shape index (κ1) is 18.8. The minimum absolute atomic E-state index is 0.000729. The molecule has 0 N–H and O–H groups in total. The van der Waals surface area contributed by atoms with Crippen LogP contribution in [0.15, 0.2) is 16.3 Å². The molecular weight excluding hydrogens is 380 g/mol. The molecular formula is C15H20N4O5S2. The summed E-state index contributed by atoms with van der Waals surface area (Å²) in [6, 6.07) is 3.11. The average Bonchev–Trinajstić information content (AvgIpc) is 3.11. The van der Waals surface area contributed by atoms with Crippen LogP contribution in [0.5, 0.6) is 0 Å². The van der Waals surface area contributed by atoms with E-state index in [-0.39, 0.29) is 16.0 Å². The largest absolute Gasteiger partial charge is 0.373 e. The molecule has 2 aromatic heterocycles. The van der Waals surface area contributed by atoms with E-state index < -0.39 is 14.8 Å². The molecule has 9 nitrogen and oxygen atoms in total. The van der Waals surface area contributed by atoms with Gasteiger partial charge in [-0.2, -0.15) is 5.10 Å². The second-order valence-corrected chi connectivity index (χ2v) is 9.61. The van der Waals surface area contributed by atoms with E-state index >= 15 is 0 Å². The maximum absolute atomic E-state index is 11.8. The number of rotatable bonds is 5. The third-order valence-electron chi connectivity index (χ3n) is 4.14. The Kier molecular flexibility index (Phi) is 5.04. The normalized spacial score (nSPS) is 18.3. The summed E-state index contributed by atoms with van der Waals surface area (Å²) in [6.45, 7) is 5.73. The first-order chi connectivity index (χ1) is 12.1. The van der Waals surface area contributed by atoms with E-state index in [2.05, 4.69) is 5.10 Å². The van der Waals surface area contributed by atoms with Gasteiger partial charge in [-0.05, 0) is 19.9 Å². The van der Waals surface area contributed by atoms with Crippen molar-refractivity contribution in [2.75, 3.05) is 30.9 Å². The lowest BCUT2D eigenvalue weighted by Crippen LogP contribution is -2.44. The number of anilines is 1. The van der Waals surface area contributed by atoms with E-state index in [9.17, 15) is 18.5 Å². The van der Waals surface area contributed by atoms with Gasteiger partial charge in [0.05, 0.1) is 29.9 Å². The summed E-state index contributed by atoms with van der Waals surface area (Å²) in [6.07, 6.45) is 0.863. The minimum Gasteiger partial charge on any atom is -0.373 e. The molecule has 11 heteroatoms. The Balaban J connectivity index is 1.84. The zero-order valence-corrected chi connectivity index (χ0v) is 16.3. The topological polar surface area (TPSA) is 108 Å². The number of hydrogen-bond donors (Lipinski definition) is 0. The van der Waals surface area contributed by atoms with Crippen LogP contribution in [0, 0.1) is 24.0 Å². The van der Waals surface area contributed by atoms with Gasteiger partial charge < -0.3 is 9.64 Å². The Bertz CT molecular complexity index is 934. The van der Waals surface area contributed by atoms with Gasteiger partial charge in [0.15, 0.2) is 14.8 Å². The van der Waals surface area contributed by atoms with Crippen molar-refractivity contribution in [1.29, 1.82) is 0 Å². The quantitative estimate of drug-likeness (QED) is 0.556. The highest BCUT2D eigenvalue weighted by molar-refractivity contribution is 7.92. The Labute approximate surface area is 155 Å².